The van der Waals surface area contributed by atoms with Crippen molar-refractivity contribution in [3.63, 3.8) is 0 Å². The third-order valence-corrected chi connectivity index (χ3v) is 4.49. The quantitative estimate of drug-likeness (QED) is 0.881. The predicted octanol–water partition coefficient (Wildman–Crippen LogP) is 3.20. The van der Waals surface area contributed by atoms with Crippen molar-refractivity contribution in [2.24, 2.45) is 5.92 Å². The van der Waals surface area contributed by atoms with Crippen molar-refractivity contribution < 1.29 is 4.39 Å². The number of benzene rings is 1. The number of tetrazole rings is 1. The summed E-state index contributed by atoms with van der Waals surface area (Å²) < 4.78 is 15.2. The molecule has 2 N–H and O–H groups in total. The van der Waals surface area contributed by atoms with E-state index in [0.29, 0.717) is 11.9 Å². The summed E-state index contributed by atoms with van der Waals surface area (Å²) in [5.41, 5.74) is 6.52. The zero-order valence-corrected chi connectivity index (χ0v) is 12.2. The minimum Gasteiger partial charge on any atom is -0.396 e. The average Bonchev–Trinajstić information content (AvgIpc) is 2.99. The molecule has 0 spiro atoms. The summed E-state index contributed by atoms with van der Waals surface area (Å²) in [6.45, 7) is 2.24. The maximum atomic E-state index is 13.3. The van der Waals surface area contributed by atoms with Gasteiger partial charge in [0, 0.05) is 5.56 Å². The first-order chi connectivity index (χ1) is 10.2. The molecule has 0 aliphatic heterocycles. The fraction of sp³-hybridized carbons (Fsp3) is 0.533. The van der Waals surface area contributed by atoms with E-state index in [1.54, 1.807) is 12.1 Å². The number of nitrogens with zero attached hydrogens (tertiary/aromatic N) is 4. The van der Waals surface area contributed by atoms with Gasteiger partial charge in [-0.05, 0) is 60.2 Å². The fourth-order valence-corrected chi connectivity index (χ4v) is 3.11. The summed E-state index contributed by atoms with van der Waals surface area (Å²) in [5, 5.41) is 12.0. The third kappa shape index (κ3) is 2.75. The van der Waals surface area contributed by atoms with Gasteiger partial charge in [0.25, 0.3) is 0 Å². The molecule has 1 fully saturated rings. The molecule has 5 nitrogen and oxygen atoms in total. The SMILES string of the molecule is CCC1CCC(n2nnnc2-c2ccc(F)c(N)c2)CC1. The number of anilines is 1. The molecule has 1 aromatic heterocycles. The molecule has 112 valence electrons. The second-order valence-electron chi connectivity index (χ2n) is 5.77. The lowest BCUT2D eigenvalue weighted by Crippen LogP contribution is -2.19. The molecule has 0 saturated heterocycles. The summed E-state index contributed by atoms with van der Waals surface area (Å²) in [4.78, 5) is 0. The predicted molar refractivity (Wildman–Crippen MR) is 78.9 cm³/mol. The van der Waals surface area contributed by atoms with Crippen LogP contribution >= 0.6 is 0 Å². The van der Waals surface area contributed by atoms with Crippen LogP contribution in [0.4, 0.5) is 10.1 Å². The van der Waals surface area contributed by atoms with E-state index in [0.717, 1.165) is 24.3 Å². The van der Waals surface area contributed by atoms with Crippen LogP contribution in [0.5, 0.6) is 0 Å². The molecular weight excluding hydrogens is 269 g/mol. The van der Waals surface area contributed by atoms with E-state index in [4.69, 9.17) is 5.73 Å². The second kappa shape index (κ2) is 5.79. The summed E-state index contributed by atoms with van der Waals surface area (Å²) >= 11 is 0. The molecule has 1 aliphatic carbocycles. The molecule has 6 heteroatoms. The van der Waals surface area contributed by atoms with Crippen LogP contribution in [-0.2, 0) is 0 Å². The van der Waals surface area contributed by atoms with Gasteiger partial charge in [-0.3, -0.25) is 0 Å². The van der Waals surface area contributed by atoms with E-state index >= 15 is 0 Å². The molecule has 3 rings (SSSR count). The van der Waals surface area contributed by atoms with E-state index in [-0.39, 0.29) is 5.69 Å². The van der Waals surface area contributed by atoms with Crippen molar-refractivity contribution in [2.45, 2.75) is 45.1 Å². The van der Waals surface area contributed by atoms with Crippen LogP contribution in [0, 0.1) is 11.7 Å². The largest absolute Gasteiger partial charge is 0.396 e. The van der Waals surface area contributed by atoms with Gasteiger partial charge in [-0.2, -0.15) is 0 Å². The van der Waals surface area contributed by atoms with Gasteiger partial charge in [0.1, 0.15) is 5.82 Å². The lowest BCUT2D eigenvalue weighted by molar-refractivity contribution is 0.255. The van der Waals surface area contributed by atoms with Crippen molar-refractivity contribution in [2.75, 3.05) is 5.73 Å². The zero-order chi connectivity index (χ0) is 14.8. The molecule has 21 heavy (non-hydrogen) atoms. The minimum atomic E-state index is -0.416. The average molecular weight is 289 g/mol. The highest BCUT2D eigenvalue weighted by atomic mass is 19.1. The highest BCUT2D eigenvalue weighted by Gasteiger charge is 2.25. The van der Waals surface area contributed by atoms with Crippen LogP contribution in [-0.4, -0.2) is 20.2 Å². The molecule has 0 radical (unpaired) electrons. The van der Waals surface area contributed by atoms with Crippen LogP contribution in [0.1, 0.15) is 45.1 Å². The molecule has 0 atom stereocenters. The second-order valence-corrected chi connectivity index (χ2v) is 5.77. The first-order valence-corrected chi connectivity index (χ1v) is 7.52. The molecule has 1 saturated carbocycles. The smallest absolute Gasteiger partial charge is 0.182 e. The highest BCUT2D eigenvalue weighted by molar-refractivity contribution is 5.61. The topological polar surface area (TPSA) is 69.6 Å². The van der Waals surface area contributed by atoms with Crippen molar-refractivity contribution in [1.29, 1.82) is 0 Å². The van der Waals surface area contributed by atoms with Gasteiger partial charge in [-0.15, -0.1) is 5.10 Å². The highest BCUT2D eigenvalue weighted by Crippen LogP contribution is 2.35. The third-order valence-electron chi connectivity index (χ3n) is 4.49. The molecule has 1 aliphatic rings. The van der Waals surface area contributed by atoms with Crippen LogP contribution < -0.4 is 5.73 Å². The molecule has 2 aromatic rings. The van der Waals surface area contributed by atoms with E-state index in [1.165, 1.54) is 25.3 Å². The Balaban J connectivity index is 1.85. The lowest BCUT2D eigenvalue weighted by Gasteiger charge is -2.28. The van der Waals surface area contributed by atoms with Gasteiger partial charge in [-0.1, -0.05) is 13.3 Å². The Morgan fingerprint density at radius 1 is 1.29 bits per heavy atom. The number of aromatic nitrogens is 4. The summed E-state index contributed by atoms with van der Waals surface area (Å²) in [6.07, 6.45) is 5.85. The minimum absolute atomic E-state index is 0.122. The zero-order valence-electron chi connectivity index (χ0n) is 12.2. The van der Waals surface area contributed by atoms with Gasteiger partial charge in [0.05, 0.1) is 11.7 Å². The van der Waals surface area contributed by atoms with Gasteiger partial charge >= 0.3 is 0 Å². The van der Waals surface area contributed by atoms with Crippen LogP contribution in [0.2, 0.25) is 0 Å². The van der Waals surface area contributed by atoms with Crippen molar-refractivity contribution in [3.8, 4) is 11.4 Å². The molecule has 1 aromatic carbocycles. The van der Waals surface area contributed by atoms with Crippen molar-refractivity contribution in [3.05, 3.63) is 24.0 Å². The summed E-state index contributed by atoms with van der Waals surface area (Å²) in [7, 11) is 0. The molecule has 0 amide bonds. The maximum Gasteiger partial charge on any atom is 0.182 e. The fourth-order valence-electron chi connectivity index (χ4n) is 3.11. The normalized spacial score (nSPS) is 22.4. The molecule has 1 heterocycles. The van der Waals surface area contributed by atoms with E-state index in [9.17, 15) is 4.39 Å². The Labute approximate surface area is 123 Å². The molecular formula is C15H20FN5. The van der Waals surface area contributed by atoms with Crippen LogP contribution in [0.25, 0.3) is 11.4 Å². The first-order valence-electron chi connectivity index (χ1n) is 7.52. The number of rotatable bonds is 3. The molecule has 0 unspecified atom stereocenters. The van der Waals surface area contributed by atoms with E-state index in [2.05, 4.69) is 22.4 Å². The van der Waals surface area contributed by atoms with Crippen molar-refractivity contribution >= 4 is 5.69 Å². The Kier molecular flexibility index (Phi) is 3.86. The van der Waals surface area contributed by atoms with Gasteiger partial charge < -0.3 is 5.73 Å². The van der Waals surface area contributed by atoms with Gasteiger partial charge in [-0.25, -0.2) is 9.07 Å². The monoisotopic (exact) mass is 289 g/mol. The maximum absolute atomic E-state index is 13.3. The van der Waals surface area contributed by atoms with Gasteiger partial charge in [0.2, 0.25) is 0 Å². The van der Waals surface area contributed by atoms with E-state index in [1.807, 2.05) is 4.68 Å². The summed E-state index contributed by atoms with van der Waals surface area (Å²) in [5.74, 6) is 1.07. The first kappa shape index (κ1) is 14.0. The number of nitrogens with two attached hydrogens (primary N) is 1. The summed E-state index contributed by atoms with van der Waals surface area (Å²) in [6, 6.07) is 4.95. The Morgan fingerprint density at radius 3 is 2.71 bits per heavy atom. The van der Waals surface area contributed by atoms with Crippen LogP contribution in [0.15, 0.2) is 18.2 Å². The Hall–Kier alpha value is -1.98. The number of nitrogen functional groups attached to an aromatic ring is 1. The van der Waals surface area contributed by atoms with E-state index < -0.39 is 5.82 Å². The number of hydrogen-bond donors (Lipinski definition) is 1. The van der Waals surface area contributed by atoms with Gasteiger partial charge in [0.15, 0.2) is 5.82 Å². The standard InChI is InChI=1S/C15H20FN5/c1-2-10-3-6-12(7-4-10)21-15(18-19-20-21)11-5-8-13(16)14(17)9-11/h5,8-10,12H,2-4,6-7,17H2,1H3. The Bertz CT molecular complexity index is 616. The Morgan fingerprint density at radius 2 is 2.05 bits per heavy atom. The van der Waals surface area contributed by atoms with Crippen molar-refractivity contribution in [1.82, 2.24) is 20.2 Å². The number of halogens is 1. The number of hydrogen-bond acceptors (Lipinski definition) is 4. The lowest BCUT2D eigenvalue weighted by atomic mass is 9.84. The molecule has 0 bridgehead atoms. The van der Waals surface area contributed by atoms with Crippen LogP contribution in [0.3, 0.4) is 0 Å².